The van der Waals surface area contributed by atoms with Crippen LogP contribution in [0.15, 0.2) is 24.4 Å². The van der Waals surface area contributed by atoms with Gasteiger partial charge >= 0.3 is 0 Å². The van der Waals surface area contributed by atoms with Crippen LogP contribution in [0.3, 0.4) is 0 Å². The molecule has 1 aromatic carbocycles. The van der Waals surface area contributed by atoms with E-state index in [1.165, 1.54) is 0 Å². The summed E-state index contributed by atoms with van der Waals surface area (Å²) < 4.78 is 11.2. The van der Waals surface area contributed by atoms with Gasteiger partial charge in [-0.1, -0.05) is 12.8 Å². The molecule has 2 amide bonds. The third-order valence-corrected chi connectivity index (χ3v) is 9.48. The molecule has 2 aromatic rings. The van der Waals surface area contributed by atoms with Crippen LogP contribution in [0.4, 0.5) is 23.1 Å². The number of hydrogen-bond acceptors (Lipinski definition) is 9. The fourth-order valence-electron chi connectivity index (χ4n) is 7.08. The minimum atomic E-state index is -0.282. The standard InChI is InChI=1S/C31H43N7O4/c1-20-30(40)36(2)26-19-32-31(35-28(26)38(20)24-6-4-5-7-24)34-25-13-8-21(18-27(25)41-3)29(39)33-22-9-11-23(12-10-22)37-14-16-42-17-15-37/h8,13,18-20,22-24H,4-7,9-12,14-17H2,1-3H3,(H,33,39)(H,32,34,35)/t20-,22?,23?/m1/s1. The SMILES string of the molecule is COc1cc(C(=O)NC2CCC(N3CCOCC3)CC2)ccc1Nc1ncc2c(n1)N(C1CCCC1)[C@H](C)C(=O)N2C. The fraction of sp³-hybridized carbons (Fsp3) is 0.613. The van der Waals surface area contributed by atoms with Crippen molar-refractivity contribution in [2.45, 2.75) is 82.5 Å². The zero-order valence-electron chi connectivity index (χ0n) is 25.0. The van der Waals surface area contributed by atoms with Gasteiger partial charge in [-0.15, -0.1) is 0 Å². The number of hydrogen-bond donors (Lipinski definition) is 2. The molecule has 42 heavy (non-hydrogen) atoms. The predicted octanol–water partition coefficient (Wildman–Crippen LogP) is 3.72. The summed E-state index contributed by atoms with van der Waals surface area (Å²) >= 11 is 0. The smallest absolute Gasteiger partial charge is 0.251 e. The van der Waals surface area contributed by atoms with Crippen molar-refractivity contribution in [1.29, 1.82) is 0 Å². The molecule has 3 fully saturated rings. The van der Waals surface area contributed by atoms with Gasteiger partial charge in [0.1, 0.15) is 17.5 Å². The Bertz CT molecular complexity index is 1290. The maximum absolute atomic E-state index is 13.2. The van der Waals surface area contributed by atoms with Crippen molar-refractivity contribution >= 4 is 35.0 Å². The molecule has 0 unspecified atom stereocenters. The fourth-order valence-corrected chi connectivity index (χ4v) is 7.08. The van der Waals surface area contributed by atoms with Gasteiger partial charge in [-0.05, 0) is 63.6 Å². The summed E-state index contributed by atoms with van der Waals surface area (Å²) in [6.45, 7) is 5.61. The lowest BCUT2D eigenvalue weighted by molar-refractivity contribution is -0.119. The molecule has 4 aliphatic rings. The summed E-state index contributed by atoms with van der Waals surface area (Å²) in [5, 5.41) is 6.52. The van der Waals surface area contributed by atoms with Gasteiger partial charge in [0.25, 0.3) is 5.91 Å². The molecule has 0 spiro atoms. The van der Waals surface area contributed by atoms with Crippen molar-refractivity contribution in [2.24, 2.45) is 0 Å². The molecule has 3 heterocycles. The van der Waals surface area contributed by atoms with E-state index in [4.69, 9.17) is 14.5 Å². The van der Waals surface area contributed by atoms with Crippen LogP contribution in [0, 0.1) is 0 Å². The minimum absolute atomic E-state index is 0.0550. The number of ether oxygens (including phenoxy) is 2. The van der Waals surface area contributed by atoms with Gasteiger partial charge in [0.2, 0.25) is 11.9 Å². The first-order chi connectivity index (χ1) is 20.4. The second kappa shape index (κ2) is 12.4. The second-order valence-corrected chi connectivity index (χ2v) is 12.0. The Labute approximate surface area is 247 Å². The third-order valence-electron chi connectivity index (χ3n) is 9.48. The molecule has 2 aliphatic heterocycles. The first kappa shape index (κ1) is 28.7. The number of carbonyl (C=O) groups is 2. The average Bonchev–Trinajstić information content (AvgIpc) is 3.55. The van der Waals surface area contributed by atoms with E-state index in [9.17, 15) is 9.59 Å². The number of morpholine rings is 1. The van der Waals surface area contributed by atoms with Crippen LogP contribution in [0.1, 0.15) is 68.6 Å². The largest absolute Gasteiger partial charge is 0.495 e. The summed E-state index contributed by atoms with van der Waals surface area (Å²) in [6, 6.07) is 6.17. The highest BCUT2D eigenvalue weighted by Crippen LogP contribution is 2.39. The monoisotopic (exact) mass is 577 g/mol. The van der Waals surface area contributed by atoms with Crippen molar-refractivity contribution in [2.75, 3.05) is 55.6 Å². The maximum atomic E-state index is 13.2. The van der Waals surface area contributed by atoms with Gasteiger partial charge in [-0.3, -0.25) is 14.5 Å². The van der Waals surface area contributed by atoms with E-state index in [0.29, 0.717) is 40.7 Å². The molecule has 226 valence electrons. The highest BCUT2D eigenvalue weighted by molar-refractivity contribution is 6.04. The second-order valence-electron chi connectivity index (χ2n) is 12.0. The van der Waals surface area contributed by atoms with E-state index in [1.54, 1.807) is 37.4 Å². The molecule has 2 saturated carbocycles. The summed E-state index contributed by atoms with van der Waals surface area (Å²) in [5.41, 5.74) is 1.94. The van der Waals surface area contributed by atoms with Crippen LogP contribution in [0.2, 0.25) is 0 Å². The van der Waals surface area contributed by atoms with E-state index in [1.807, 2.05) is 13.0 Å². The maximum Gasteiger partial charge on any atom is 0.251 e. The van der Waals surface area contributed by atoms with Gasteiger partial charge in [-0.2, -0.15) is 4.98 Å². The Hall–Kier alpha value is -3.44. The van der Waals surface area contributed by atoms with E-state index in [-0.39, 0.29) is 23.9 Å². The lowest BCUT2D eigenvalue weighted by Crippen LogP contribution is -2.54. The van der Waals surface area contributed by atoms with Crippen LogP contribution in [-0.4, -0.2) is 91.3 Å². The molecule has 2 N–H and O–H groups in total. The Morgan fingerprint density at radius 2 is 1.79 bits per heavy atom. The molecular formula is C31H43N7O4. The van der Waals surface area contributed by atoms with Gasteiger partial charge in [0.15, 0.2) is 5.82 Å². The number of likely N-dealkylation sites (N-methyl/N-ethyl adjacent to an activating group) is 1. The molecule has 6 rings (SSSR count). The zero-order chi connectivity index (χ0) is 29.2. The van der Waals surface area contributed by atoms with E-state index in [2.05, 4.69) is 25.4 Å². The van der Waals surface area contributed by atoms with Crippen LogP contribution < -0.4 is 25.2 Å². The lowest BCUT2D eigenvalue weighted by atomic mass is 9.89. The number of fused-ring (bicyclic) bond motifs is 1. The average molecular weight is 578 g/mol. The summed E-state index contributed by atoms with van der Waals surface area (Å²) in [6.07, 6.45) is 10.3. The lowest BCUT2D eigenvalue weighted by Gasteiger charge is -2.42. The number of anilines is 4. The van der Waals surface area contributed by atoms with Crippen molar-refractivity contribution in [1.82, 2.24) is 20.2 Å². The summed E-state index contributed by atoms with van der Waals surface area (Å²) in [4.78, 5) is 41.9. The van der Waals surface area contributed by atoms with Crippen LogP contribution in [-0.2, 0) is 9.53 Å². The molecule has 2 aliphatic carbocycles. The quantitative estimate of drug-likeness (QED) is 0.509. The number of benzene rings is 1. The highest BCUT2D eigenvalue weighted by atomic mass is 16.5. The van der Waals surface area contributed by atoms with Crippen molar-refractivity contribution in [3.8, 4) is 5.75 Å². The van der Waals surface area contributed by atoms with E-state index < -0.39 is 0 Å². The molecule has 1 aromatic heterocycles. The predicted molar refractivity (Wildman–Crippen MR) is 162 cm³/mol. The van der Waals surface area contributed by atoms with Crippen LogP contribution in [0.5, 0.6) is 5.75 Å². The van der Waals surface area contributed by atoms with Gasteiger partial charge in [0.05, 0.1) is 32.2 Å². The van der Waals surface area contributed by atoms with Gasteiger partial charge in [0, 0.05) is 43.8 Å². The van der Waals surface area contributed by atoms with Crippen LogP contribution >= 0.6 is 0 Å². The number of nitrogens with zero attached hydrogens (tertiary/aromatic N) is 5. The van der Waals surface area contributed by atoms with Gasteiger partial charge < -0.3 is 29.9 Å². The van der Waals surface area contributed by atoms with Crippen molar-refractivity contribution in [3.05, 3.63) is 30.0 Å². The zero-order valence-corrected chi connectivity index (χ0v) is 25.0. The normalized spacial score (nSPS) is 25.3. The number of amides is 2. The molecule has 1 saturated heterocycles. The molecule has 0 bridgehead atoms. The number of aromatic nitrogens is 2. The molecule has 11 heteroatoms. The van der Waals surface area contributed by atoms with E-state index in [0.717, 1.165) is 83.5 Å². The topological polar surface area (TPSA) is 112 Å². The van der Waals surface area contributed by atoms with Crippen LogP contribution in [0.25, 0.3) is 0 Å². The Kier molecular flexibility index (Phi) is 8.48. The van der Waals surface area contributed by atoms with Gasteiger partial charge in [-0.25, -0.2) is 4.98 Å². The first-order valence-electron chi connectivity index (χ1n) is 15.4. The number of rotatable bonds is 7. The Morgan fingerprint density at radius 1 is 1.05 bits per heavy atom. The van der Waals surface area contributed by atoms with Crippen molar-refractivity contribution < 1.29 is 19.1 Å². The minimum Gasteiger partial charge on any atom is -0.495 e. The summed E-state index contributed by atoms with van der Waals surface area (Å²) in [5.74, 6) is 1.69. The van der Waals surface area contributed by atoms with E-state index >= 15 is 0 Å². The molecule has 1 atom stereocenters. The number of nitrogens with one attached hydrogen (secondary N) is 2. The third kappa shape index (κ3) is 5.76. The highest BCUT2D eigenvalue weighted by Gasteiger charge is 2.39. The first-order valence-corrected chi connectivity index (χ1v) is 15.4. The Morgan fingerprint density at radius 3 is 2.50 bits per heavy atom. The molecule has 0 radical (unpaired) electrons. The van der Waals surface area contributed by atoms with Crippen molar-refractivity contribution in [3.63, 3.8) is 0 Å². The summed E-state index contributed by atoms with van der Waals surface area (Å²) in [7, 11) is 3.37. The number of carbonyl (C=O) groups excluding carboxylic acids is 2. The molecule has 11 nitrogen and oxygen atoms in total. The Balaban J connectivity index is 1.13. The molecular weight excluding hydrogens is 534 g/mol. The number of methoxy groups -OCH3 is 1.